The second-order valence-corrected chi connectivity index (χ2v) is 5.88. The Morgan fingerprint density at radius 2 is 1.94 bits per heavy atom. The third-order valence-corrected chi connectivity index (χ3v) is 4.66. The predicted octanol–water partition coefficient (Wildman–Crippen LogP) is 2.82. The van der Waals surface area contributed by atoms with Gasteiger partial charge >= 0.3 is 0 Å². The SMILES string of the molecule is CSc1nccc(N2CC3CCCCC3C2)n1. The van der Waals surface area contributed by atoms with Crippen LogP contribution in [0.5, 0.6) is 0 Å². The average molecular weight is 249 g/mol. The summed E-state index contributed by atoms with van der Waals surface area (Å²) in [6.45, 7) is 2.41. The van der Waals surface area contributed by atoms with Crippen LogP contribution in [0.4, 0.5) is 5.82 Å². The molecule has 0 spiro atoms. The summed E-state index contributed by atoms with van der Waals surface area (Å²) < 4.78 is 0. The number of anilines is 1. The minimum Gasteiger partial charge on any atom is -0.356 e. The molecule has 0 N–H and O–H groups in total. The van der Waals surface area contributed by atoms with Crippen LogP contribution < -0.4 is 4.90 Å². The maximum absolute atomic E-state index is 4.61. The smallest absolute Gasteiger partial charge is 0.189 e. The third-order valence-electron chi connectivity index (χ3n) is 4.10. The van der Waals surface area contributed by atoms with Crippen molar-refractivity contribution in [2.75, 3.05) is 24.2 Å². The van der Waals surface area contributed by atoms with E-state index in [4.69, 9.17) is 0 Å². The first-order valence-electron chi connectivity index (χ1n) is 6.49. The van der Waals surface area contributed by atoms with Crippen molar-refractivity contribution < 1.29 is 0 Å². The Bertz CT molecular complexity index is 382. The van der Waals surface area contributed by atoms with Crippen molar-refractivity contribution in [1.82, 2.24) is 9.97 Å². The van der Waals surface area contributed by atoms with E-state index in [0.717, 1.165) is 22.8 Å². The van der Waals surface area contributed by atoms with E-state index >= 15 is 0 Å². The van der Waals surface area contributed by atoms with Crippen LogP contribution in [-0.4, -0.2) is 29.3 Å². The highest BCUT2D eigenvalue weighted by atomic mass is 32.2. The van der Waals surface area contributed by atoms with Gasteiger partial charge in [0.25, 0.3) is 0 Å². The first kappa shape index (κ1) is 11.3. The second-order valence-electron chi connectivity index (χ2n) is 5.11. The highest BCUT2D eigenvalue weighted by molar-refractivity contribution is 7.98. The maximum Gasteiger partial charge on any atom is 0.189 e. The van der Waals surface area contributed by atoms with Gasteiger partial charge in [0, 0.05) is 19.3 Å². The van der Waals surface area contributed by atoms with Crippen LogP contribution in [0.3, 0.4) is 0 Å². The number of thioether (sulfide) groups is 1. The summed E-state index contributed by atoms with van der Waals surface area (Å²) in [6.07, 6.45) is 9.60. The topological polar surface area (TPSA) is 29.0 Å². The highest BCUT2D eigenvalue weighted by Crippen LogP contribution is 2.37. The zero-order chi connectivity index (χ0) is 11.7. The van der Waals surface area contributed by atoms with Gasteiger partial charge in [-0.15, -0.1) is 0 Å². The minimum absolute atomic E-state index is 0.886. The lowest BCUT2D eigenvalue weighted by atomic mass is 9.82. The van der Waals surface area contributed by atoms with E-state index in [0.29, 0.717) is 0 Å². The Labute approximate surface area is 107 Å². The van der Waals surface area contributed by atoms with Crippen LogP contribution in [0, 0.1) is 11.8 Å². The molecule has 4 heteroatoms. The van der Waals surface area contributed by atoms with Gasteiger partial charge in [-0.25, -0.2) is 9.97 Å². The summed E-state index contributed by atoms with van der Waals surface area (Å²) in [7, 11) is 0. The molecule has 0 radical (unpaired) electrons. The standard InChI is InChI=1S/C13H19N3S/c1-17-13-14-7-6-12(15-13)16-8-10-4-2-3-5-11(10)9-16/h6-7,10-11H,2-5,8-9H2,1H3. The number of rotatable bonds is 2. The summed E-state index contributed by atoms with van der Waals surface area (Å²) in [4.78, 5) is 11.3. The summed E-state index contributed by atoms with van der Waals surface area (Å²) in [6, 6.07) is 2.05. The molecule has 0 aromatic carbocycles. The average Bonchev–Trinajstić information content (AvgIpc) is 2.82. The van der Waals surface area contributed by atoms with Crippen molar-refractivity contribution in [2.45, 2.75) is 30.8 Å². The molecule has 0 bridgehead atoms. The van der Waals surface area contributed by atoms with Crippen LogP contribution >= 0.6 is 11.8 Å². The van der Waals surface area contributed by atoms with E-state index < -0.39 is 0 Å². The van der Waals surface area contributed by atoms with Gasteiger partial charge in [-0.05, 0) is 37.0 Å². The molecular weight excluding hydrogens is 230 g/mol. The molecule has 2 heterocycles. The largest absolute Gasteiger partial charge is 0.356 e. The summed E-state index contributed by atoms with van der Waals surface area (Å²) in [5, 5.41) is 0.886. The minimum atomic E-state index is 0.886. The fraction of sp³-hybridized carbons (Fsp3) is 0.692. The number of nitrogens with zero attached hydrogens (tertiary/aromatic N) is 3. The molecule has 2 atom stereocenters. The quantitative estimate of drug-likeness (QED) is 0.595. The highest BCUT2D eigenvalue weighted by Gasteiger charge is 2.34. The molecule has 17 heavy (non-hydrogen) atoms. The van der Waals surface area contributed by atoms with Gasteiger partial charge in [-0.1, -0.05) is 24.6 Å². The van der Waals surface area contributed by atoms with Crippen LogP contribution in [0.2, 0.25) is 0 Å². The normalized spacial score (nSPS) is 28.2. The lowest BCUT2D eigenvalue weighted by molar-refractivity contribution is 0.299. The van der Waals surface area contributed by atoms with Gasteiger partial charge in [0.15, 0.2) is 5.16 Å². The molecule has 1 aliphatic carbocycles. The molecule has 1 saturated heterocycles. The number of aromatic nitrogens is 2. The maximum atomic E-state index is 4.61. The second kappa shape index (κ2) is 4.84. The van der Waals surface area contributed by atoms with Crippen molar-refractivity contribution in [2.24, 2.45) is 11.8 Å². The van der Waals surface area contributed by atoms with E-state index in [-0.39, 0.29) is 0 Å². The van der Waals surface area contributed by atoms with Gasteiger partial charge in [0.2, 0.25) is 0 Å². The summed E-state index contributed by atoms with van der Waals surface area (Å²) >= 11 is 1.62. The van der Waals surface area contributed by atoms with Crippen LogP contribution in [-0.2, 0) is 0 Å². The van der Waals surface area contributed by atoms with Crippen molar-refractivity contribution in [3.8, 4) is 0 Å². The van der Waals surface area contributed by atoms with E-state index in [2.05, 4.69) is 20.9 Å². The van der Waals surface area contributed by atoms with Crippen LogP contribution in [0.15, 0.2) is 17.4 Å². The van der Waals surface area contributed by atoms with Gasteiger partial charge in [-0.3, -0.25) is 0 Å². The fourth-order valence-corrected chi connectivity index (χ4v) is 3.55. The molecular formula is C13H19N3S. The fourth-order valence-electron chi connectivity index (χ4n) is 3.20. The molecule has 1 saturated carbocycles. The molecule has 0 amide bonds. The van der Waals surface area contributed by atoms with Crippen molar-refractivity contribution in [1.29, 1.82) is 0 Å². The van der Waals surface area contributed by atoms with Crippen molar-refractivity contribution in [3.63, 3.8) is 0 Å². The van der Waals surface area contributed by atoms with Crippen LogP contribution in [0.1, 0.15) is 25.7 Å². The number of hydrogen-bond acceptors (Lipinski definition) is 4. The molecule has 2 unspecified atom stereocenters. The lowest BCUT2D eigenvalue weighted by Gasteiger charge is -2.22. The van der Waals surface area contributed by atoms with Gasteiger partial charge in [0.05, 0.1) is 0 Å². The van der Waals surface area contributed by atoms with Gasteiger partial charge < -0.3 is 4.90 Å². The predicted molar refractivity (Wildman–Crippen MR) is 71.5 cm³/mol. The van der Waals surface area contributed by atoms with E-state index in [1.54, 1.807) is 11.8 Å². The summed E-state index contributed by atoms with van der Waals surface area (Å²) in [5.41, 5.74) is 0. The zero-order valence-corrected chi connectivity index (χ0v) is 11.1. The zero-order valence-electron chi connectivity index (χ0n) is 10.3. The first-order valence-corrected chi connectivity index (χ1v) is 7.71. The van der Waals surface area contributed by atoms with E-state index in [9.17, 15) is 0 Å². The molecule has 3 rings (SSSR count). The number of fused-ring (bicyclic) bond motifs is 1. The van der Waals surface area contributed by atoms with E-state index in [1.165, 1.54) is 38.8 Å². The molecule has 92 valence electrons. The lowest BCUT2D eigenvalue weighted by Crippen LogP contribution is -2.21. The molecule has 1 aromatic heterocycles. The van der Waals surface area contributed by atoms with Crippen LogP contribution in [0.25, 0.3) is 0 Å². The van der Waals surface area contributed by atoms with Gasteiger partial charge in [-0.2, -0.15) is 0 Å². The van der Waals surface area contributed by atoms with Gasteiger partial charge in [0.1, 0.15) is 5.82 Å². The summed E-state index contributed by atoms with van der Waals surface area (Å²) in [5.74, 6) is 2.95. The van der Waals surface area contributed by atoms with E-state index in [1.807, 2.05) is 12.5 Å². The molecule has 1 aromatic rings. The molecule has 3 nitrogen and oxygen atoms in total. The Hall–Kier alpha value is -0.770. The Balaban J connectivity index is 1.76. The molecule has 2 aliphatic rings. The monoisotopic (exact) mass is 249 g/mol. The Kier molecular flexibility index (Phi) is 3.23. The Morgan fingerprint density at radius 3 is 2.59 bits per heavy atom. The first-order chi connectivity index (χ1) is 8.36. The number of hydrogen-bond donors (Lipinski definition) is 0. The third kappa shape index (κ3) is 2.28. The van der Waals surface area contributed by atoms with Crippen molar-refractivity contribution in [3.05, 3.63) is 12.3 Å². The Morgan fingerprint density at radius 1 is 1.24 bits per heavy atom. The molecule has 1 aliphatic heterocycles. The van der Waals surface area contributed by atoms with Crippen molar-refractivity contribution >= 4 is 17.6 Å². The molecule has 2 fully saturated rings.